The number of benzene rings is 2. The Morgan fingerprint density at radius 3 is 2.73 bits per heavy atom. The third-order valence-corrected chi connectivity index (χ3v) is 6.74. The molecule has 0 amide bonds. The zero-order valence-corrected chi connectivity index (χ0v) is 18.6. The van der Waals surface area contributed by atoms with Crippen LogP contribution >= 0.6 is 15.9 Å². The SMILES string of the molecule is CC1Cc2cc(C(=O)OCc3cc(=O)oc4cc(Br)ccc34)ccc2N1S(C)(=O)=O. The molecule has 1 atom stereocenters. The Labute approximate surface area is 181 Å². The first-order chi connectivity index (χ1) is 14.1. The molecule has 0 saturated heterocycles. The molecule has 0 fully saturated rings. The van der Waals surface area contributed by atoms with Gasteiger partial charge in [-0.25, -0.2) is 18.0 Å². The molecule has 0 aliphatic carbocycles. The van der Waals surface area contributed by atoms with E-state index >= 15 is 0 Å². The first kappa shape index (κ1) is 20.6. The molecule has 1 aliphatic heterocycles. The largest absolute Gasteiger partial charge is 0.457 e. The Kier molecular flexibility index (Phi) is 5.19. The molecule has 0 saturated carbocycles. The average Bonchev–Trinajstić information content (AvgIpc) is 3.00. The quantitative estimate of drug-likeness (QED) is 0.408. The highest BCUT2D eigenvalue weighted by Gasteiger charge is 2.32. The Morgan fingerprint density at radius 1 is 1.23 bits per heavy atom. The van der Waals surface area contributed by atoms with Gasteiger partial charge in [0.2, 0.25) is 10.0 Å². The van der Waals surface area contributed by atoms with Gasteiger partial charge in [-0.1, -0.05) is 15.9 Å². The summed E-state index contributed by atoms with van der Waals surface area (Å²) in [6.45, 7) is 1.73. The number of rotatable bonds is 4. The minimum atomic E-state index is -3.40. The predicted molar refractivity (Wildman–Crippen MR) is 116 cm³/mol. The number of halogens is 1. The normalized spacial score (nSPS) is 16.0. The number of hydrogen-bond donors (Lipinski definition) is 0. The Hall–Kier alpha value is -2.65. The standard InChI is InChI=1S/C21H18BrNO6S/c1-12-7-14-8-13(3-6-18(14)23(12)30(2,26)27)21(25)28-11-15-9-20(24)29-19-10-16(22)4-5-17(15)19/h3-6,8-10,12H,7,11H2,1-2H3. The molecule has 4 rings (SSSR count). The number of nitrogens with zero attached hydrogens (tertiary/aromatic N) is 1. The van der Waals surface area contributed by atoms with Crippen LogP contribution in [0.4, 0.5) is 5.69 Å². The number of ether oxygens (including phenoxy) is 1. The molecule has 1 aliphatic rings. The van der Waals surface area contributed by atoms with Gasteiger partial charge in [-0.3, -0.25) is 4.31 Å². The van der Waals surface area contributed by atoms with E-state index in [2.05, 4.69) is 15.9 Å². The van der Waals surface area contributed by atoms with Crippen molar-refractivity contribution < 1.29 is 22.4 Å². The summed E-state index contributed by atoms with van der Waals surface area (Å²) in [7, 11) is -3.40. The second kappa shape index (κ2) is 7.55. The maximum Gasteiger partial charge on any atom is 0.338 e. The molecule has 2 aromatic carbocycles. The van der Waals surface area contributed by atoms with E-state index in [1.165, 1.54) is 16.6 Å². The lowest BCUT2D eigenvalue weighted by Crippen LogP contribution is -2.34. The fourth-order valence-corrected chi connectivity index (χ4v) is 5.39. The second-order valence-electron chi connectivity index (χ2n) is 7.26. The number of hydrogen-bond acceptors (Lipinski definition) is 6. The van der Waals surface area contributed by atoms with Crippen molar-refractivity contribution in [3.63, 3.8) is 0 Å². The lowest BCUT2D eigenvalue weighted by atomic mass is 10.1. The molecule has 30 heavy (non-hydrogen) atoms. The molecule has 156 valence electrons. The molecule has 0 radical (unpaired) electrons. The van der Waals surface area contributed by atoms with Crippen LogP contribution in [0.15, 0.2) is 56.1 Å². The van der Waals surface area contributed by atoms with Crippen LogP contribution in [0.5, 0.6) is 0 Å². The highest BCUT2D eigenvalue weighted by molar-refractivity contribution is 9.10. The summed E-state index contributed by atoms with van der Waals surface area (Å²) in [5, 5.41) is 0.678. The average molecular weight is 492 g/mol. The van der Waals surface area contributed by atoms with Crippen molar-refractivity contribution in [1.82, 2.24) is 0 Å². The highest BCUT2D eigenvalue weighted by atomic mass is 79.9. The molecular weight excluding hydrogens is 474 g/mol. The summed E-state index contributed by atoms with van der Waals surface area (Å²) in [6, 6.07) is 11.2. The smallest absolute Gasteiger partial charge is 0.338 e. The molecule has 1 unspecified atom stereocenters. The first-order valence-electron chi connectivity index (χ1n) is 9.15. The maximum absolute atomic E-state index is 12.6. The van der Waals surface area contributed by atoms with Crippen molar-refractivity contribution in [3.8, 4) is 0 Å². The summed E-state index contributed by atoms with van der Waals surface area (Å²) in [5.41, 5.74) is 2.10. The van der Waals surface area contributed by atoms with Crippen LogP contribution in [0, 0.1) is 0 Å². The summed E-state index contributed by atoms with van der Waals surface area (Å²) in [6.07, 6.45) is 1.68. The van der Waals surface area contributed by atoms with Gasteiger partial charge in [0, 0.05) is 27.5 Å². The van der Waals surface area contributed by atoms with Crippen LogP contribution in [-0.4, -0.2) is 26.7 Å². The zero-order valence-electron chi connectivity index (χ0n) is 16.2. The van der Waals surface area contributed by atoms with Gasteiger partial charge in [-0.15, -0.1) is 0 Å². The highest BCUT2D eigenvalue weighted by Crippen LogP contribution is 2.35. The van der Waals surface area contributed by atoms with E-state index in [1.807, 2.05) is 13.0 Å². The number of esters is 1. The number of anilines is 1. The molecule has 1 aromatic heterocycles. The van der Waals surface area contributed by atoms with Crippen LogP contribution in [0.25, 0.3) is 11.0 Å². The van der Waals surface area contributed by atoms with E-state index < -0.39 is 21.6 Å². The Balaban J connectivity index is 1.57. The van der Waals surface area contributed by atoms with Crippen LogP contribution < -0.4 is 9.93 Å². The van der Waals surface area contributed by atoms with Gasteiger partial charge >= 0.3 is 11.6 Å². The number of fused-ring (bicyclic) bond motifs is 2. The fraction of sp³-hybridized carbons (Fsp3) is 0.238. The summed E-state index contributed by atoms with van der Waals surface area (Å²) in [5.74, 6) is -0.554. The van der Waals surface area contributed by atoms with Gasteiger partial charge in [0.1, 0.15) is 12.2 Å². The molecule has 9 heteroatoms. The summed E-state index contributed by atoms with van der Waals surface area (Å²) in [4.78, 5) is 24.4. The summed E-state index contributed by atoms with van der Waals surface area (Å²) < 4.78 is 36.8. The van der Waals surface area contributed by atoms with E-state index in [9.17, 15) is 18.0 Å². The Morgan fingerprint density at radius 2 is 2.00 bits per heavy atom. The van der Waals surface area contributed by atoms with Gasteiger partial charge < -0.3 is 9.15 Å². The van der Waals surface area contributed by atoms with Crippen molar-refractivity contribution in [2.75, 3.05) is 10.6 Å². The minimum Gasteiger partial charge on any atom is -0.457 e. The van der Waals surface area contributed by atoms with Crippen LogP contribution in [0.1, 0.15) is 28.4 Å². The van der Waals surface area contributed by atoms with Gasteiger partial charge in [-0.2, -0.15) is 0 Å². The topological polar surface area (TPSA) is 93.9 Å². The van der Waals surface area contributed by atoms with E-state index in [-0.39, 0.29) is 12.6 Å². The molecule has 3 aromatic rings. The van der Waals surface area contributed by atoms with Gasteiger partial charge in [0.25, 0.3) is 0 Å². The lowest BCUT2D eigenvalue weighted by Gasteiger charge is -2.21. The lowest BCUT2D eigenvalue weighted by molar-refractivity contribution is 0.0473. The van der Waals surface area contributed by atoms with Crippen LogP contribution in [0.2, 0.25) is 0 Å². The maximum atomic E-state index is 12.6. The van der Waals surface area contributed by atoms with E-state index in [0.29, 0.717) is 34.2 Å². The van der Waals surface area contributed by atoms with Crippen molar-refractivity contribution in [2.45, 2.75) is 26.0 Å². The van der Waals surface area contributed by atoms with E-state index in [0.717, 1.165) is 10.0 Å². The van der Waals surface area contributed by atoms with E-state index in [4.69, 9.17) is 9.15 Å². The van der Waals surface area contributed by atoms with Crippen molar-refractivity contribution in [3.05, 3.63) is 74.0 Å². The van der Waals surface area contributed by atoms with Crippen molar-refractivity contribution >= 4 is 48.6 Å². The number of carbonyl (C=O) groups is 1. The summed E-state index contributed by atoms with van der Waals surface area (Å²) >= 11 is 3.33. The number of sulfonamides is 1. The third-order valence-electron chi connectivity index (χ3n) is 4.98. The molecule has 0 bridgehead atoms. The fourth-order valence-electron chi connectivity index (χ4n) is 3.78. The third kappa shape index (κ3) is 3.87. The first-order valence-corrected chi connectivity index (χ1v) is 11.8. The molecule has 7 nitrogen and oxygen atoms in total. The minimum absolute atomic E-state index is 0.0917. The van der Waals surface area contributed by atoms with Crippen molar-refractivity contribution in [2.24, 2.45) is 0 Å². The zero-order chi connectivity index (χ0) is 21.6. The molecule has 0 spiro atoms. The number of carbonyl (C=O) groups excluding carboxylic acids is 1. The molecule has 0 N–H and O–H groups in total. The van der Waals surface area contributed by atoms with E-state index in [1.54, 1.807) is 30.3 Å². The molecular formula is C21H18BrNO6S. The monoisotopic (exact) mass is 491 g/mol. The van der Waals surface area contributed by atoms with Gasteiger partial charge in [0.15, 0.2) is 0 Å². The van der Waals surface area contributed by atoms with Gasteiger partial charge in [0.05, 0.1) is 17.5 Å². The molecule has 2 heterocycles. The van der Waals surface area contributed by atoms with Crippen LogP contribution in [0.3, 0.4) is 0 Å². The Bertz CT molecular complexity index is 1330. The predicted octanol–water partition coefficient (Wildman–Crippen LogP) is 3.62. The van der Waals surface area contributed by atoms with Crippen LogP contribution in [-0.2, 0) is 27.8 Å². The van der Waals surface area contributed by atoms with Gasteiger partial charge in [-0.05, 0) is 55.3 Å². The second-order valence-corrected chi connectivity index (χ2v) is 10.0. The van der Waals surface area contributed by atoms with Crippen molar-refractivity contribution in [1.29, 1.82) is 0 Å².